The van der Waals surface area contributed by atoms with E-state index in [4.69, 9.17) is 10.5 Å². The van der Waals surface area contributed by atoms with Crippen molar-refractivity contribution in [1.82, 2.24) is 20.9 Å². The highest BCUT2D eigenvalue weighted by Gasteiger charge is 2.47. The van der Waals surface area contributed by atoms with Crippen molar-refractivity contribution >= 4 is 35.5 Å². The van der Waals surface area contributed by atoms with Crippen LogP contribution in [0.5, 0.6) is 0 Å². The van der Waals surface area contributed by atoms with Crippen LogP contribution in [-0.4, -0.2) is 76.7 Å². The maximum absolute atomic E-state index is 14.8. The number of urea groups is 1. The summed E-state index contributed by atoms with van der Waals surface area (Å²) >= 11 is 0. The second-order valence-corrected chi connectivity index (χ2v) is 17.3. The minimum atomic E-state index is -1.10. The lowest BCUT2D eigenvalue weighted by molar-refractivity contribution is -0.160. The number of likely N-dealkylation sites (tertiary alicyclic amines) is 1. The predicted molar refractivity (Wildman–Crippen MR) is 193 cm³/mol. The molecule has 282 valence electrons. The number of ketones is 1. The molecule has 0 radical (unpaired) electrons. The molecule has 2 fully saturated rings. The van der Waals surface area contributed by atoms with Gasteiger partial charge in [0.05, 0.1) is 6.04 Å². The molecular weight excluding hydrogens is 650 g/mol. The van der Waals surface area contributed by atoms with E-state index >= 15 is 0 Å². The van der Waals surface area contributed by atoms with Crippen molar-refractivity contribution in [3.05, 3.63) is 35.4 Å². The first kappa shape index (κ1) is 39.8. The van der Waals surface area contributed by atoms with Crippen LogP contribution in [0.4, 0.5) is 4.79 Å². The Morgan fingerprint density at radius 1 is 0.882 bits per heavy atom. The monoisotopic (exact) mass is 709 g/mol. The molecule has 0 bridgehead atoms. The number of amides is 5. The van der Waals surface area contributed by atoms with Crippen LogP contribution in [0.15, 0.2) is 24.3 Å². The number of hydrogen-bond acceptors (Lipinski definition) is 7. The third-order valence-electron chi connectivity index (χ3n) is 10.4. The SMILES string of the molecule is CC(C)C[C@H]1CCN(C(=O)[C@@H](NC(=O)N[C@H](C(=O)OC(C)(C)C)C(C)(C)C)C2Cc3ccccc3C2)[C@@H]1C(=O)NC(CC1CCC1)C(=O)C(N)=O. The van der Waals surface area contributed by atoms with Gasteiger partial charge in [-0.2, -0.15) is 0 Å². The van der Waals surface area contributed by atoms with Crippen LogP contribution in [0.2, 0.25) is 0 Å². The maximum atomic E-state index is 14.8. The van der Waals surface area contributed by atoms with Gasteiger partial charge in [-0.15, -0.1) is 0 Å². The van der Waals surface area contributed by atoms with E-state index in [0.29, 0.717) is 32.1 Å². The molecule has 0 aromatic heterocycles. The van der Waals surface area contributed by atoms with Gasteiger partial charge in [-0.05, 0) is 93.1 Å². The van der Waals surface area contributed by atoms with Gasteiger partial charge < -0.3 is 31.3 Å². The number of nitrogens with zero attached hydrogens (tertiary/aromatic N) is 1. The highest BCUT2D eigenvalue weighted by molar-refractivity contribution is 6.37. The number of benzene rings is 1. The fraction of sp³-hybridized carbons (Fsp3) is 0.692. The van der Waals surface area contributed by atoms with Crippen LogP contribution >= 0.6 is 0 Å². The Hall–Kier alpha value is -3.96. The molecule has 51 heavy (non-hydrogen) atoms. The summed E-state index contributed by atoms with van der Waals surface area (Å²) in [7, 11) is 0. The van der Waals surface area contributed by atoms with Crippen molar-refractivity contribution in [2.24, 2.45) is 34.8 Å². The maximum Gasteiger partial charge on any atom is 0.329 e. The van der Waals surface area contributed by atoms with E-state index in [2.05, 4.69) is 29.8 Å². The third-order valence-corrected chi connectivity index (χ3v) is 10.4. The number of ether oxygens (including phenoxy) is 1. The number of nitrogens with one attached hydrogen (secondary N) is 3. The molecule has 2 aliphatic carbocycles. The van der Waals surface area contributed by atoms with E-state index in [1.807, 2.05) is 45.0 Å². The number of carbonyl (C=O) groups is 6. The summed E-state index contributed by atoms with van der Waals surface area (Å²) in [6.45, 7) is 15.1. The van der Waals surface area contributed by atoms with E-state index in [9.17, 15) is 28.8 Å². The number of esters is 1. The molecule has 12 nitrogen and oxygen atoms in total. The van der Waals surface area contributed by atoms with Crippen LogP contribution < -0.4 is 21.7 Å². The molecule has 4 rings (SSSR count). The lowest BCUT2D eigenvalue weighted by Gasteiger charge is -2.36. The Morgan fingerprint density at radius 3 is 1.98 bits per heavy atom. The predicted octanol–water partition coefficient (Wildman–Crippen LogP) is 3.82. The first-order chi connectivity index (χ1) is 23.7. The molecule has 1 saturated carbocycles. The summed E-state index contributed by atoms with van der Waals surface area (Å²) in [6, 6.07) is 3.20. The van der Waals surface area contributed by atoms with Crippen molar-refractivity contribution in [3.8, 4) is 0 Å². The molecule has 5 atom stereocenters. The van der Waals surface area contributed by atoms with E-state index < -0.39 is 70.7 Å². The van der Waals surface area contributed by atoms with Gasteiger partial charge in [0.15, 0.2) is 0 Å². The minimum absolute atomic E-state index is 0.199. The molecule has 5 N–H and O–H groups in total. The molecule has 1 heterocycles. The van der Waals surface area contributed by atoms with Crippen molar-refractivity contribution < 1.29 is 33.5 Å². The second-order valence-electron chi connectivity index (χ2n) is 17.3. The molecule has 1 unspecified atom stereocenters. The largest absolute Gasteiger partial charge is 0.458 e. The number of fused-ring (bicyclic) bond motifs is 1. The smallest absolute Gasteiger partial charge is 0.329 e. The zero-order chi connectivity index (χ0) is 37.8. The summed E-state index contributed by atoms with van der Waals surface area (Å²) in [5.41, 5.74) is 6.08. The van der Waals surface area contributed by atoms with Crippen LogP contribution in [0.25, 0.3) is 0 Å². The summed E-state index contributed by atoms with van der Waals surface area (Å²) in [5.74, 6) is -3.52. The van der Waals surface area contributed by atoms with Gasteiger partial charge >= 0.3 is 12.0 Å². The highest BCUT2D eigenvalue weighted by Crippen LogP contribution is 2.35. The number of primary amides is 1. The van der Waals surface area contributed by atoms with Gasteiger partial charge in [0, 0.05) is 6.54 Å². The van der Waals surface area contributed by atoms with Gasteiger partial charge in [-0.1, -0.05) is 78.1 Å². The average molecular weight is 710 g/mol. The summed E-state index contributed by atoms with van der Waals surface area (Å²) in [5, 5.41) is 8.55. The Morgan fingerprint density at radius 2 is 1.49 bits per heavy atom. The second kappa shape index (κ2) is 16.2. The van der Waals surface area contributed by atoms with E-state index in [-0.39, 0.29) is 30.2 Å². The quantitative estimate of drug-likeness (QED) is 0.178. The lowest BCUT2D eigenvalue weighted by atomic mass is 9.80. The molecule has 1 aliphatic heterocycles. The Kier molecular flexibility index (Phi) is 12.6. The standard InChI is InChI=1S/C39H59N5O7/c1-22(2)18-26-16-17-44(30(26)34(47)41-28(31(45)33(40)46)19-23-12-11-13-23)35(48)29(27-20-24-14-9-10-15-25(24)21-27)42-37(50)43-32(38(3,4)5)36(49)51-39(6,7)8/h9-10,14-15,22-23,26-30,32H,11-13,16-21H2,1-8H3,(H2,40,46)(H,41,47)(H2,42,43,50)/t26-,28?,29+,30+,32-/m1/s1. The molecule has 0 spiro atoms. The van der Waals surface area contributed by atoms with Gasteiger partial charge in [0.1, 0.15) is 23.7 Å². The van der Waals surface area contributed by atoms with Crippen LogP contribution in [0, 0.1) is 29.1 Å². The van der Waals surface area contributed by atoms with Gasteiger partial charge in [-0.3, -0.25) is 19.2 Å². The normalized spacial score (nSPS) is 21.2. The van der Waals surface area contributed by atoms with Crippen LogP contribution in [0.3, 0.4) is 0 Å². The van der Waals surface area contributed by atoms with Gasteiger partial charge in [0.2, 0.25) is 17.6 Å². The van der Waals surface area contributed by atoms with Gasteiger partial charge in [0.25, 0.3) is 5.91 Å². The van der Waals surface area contributed by atoms with Gasteiger partial charge in [-0.25, -0.2) is 9.59 Å². The number of hydrogen-bond donors (Lipinski definition) is 4. The zero-order valence-corrected chi connectivity index (χ0v) is 31.7. The average Bonchev–Trinajstić information content (AvgIpc) is 3.61. The number of nitrogens with two attached hydrogens (primary N) is 1. The van der Waals surface area contributed by atoms with E-state index in [0.717, 1.165) is 30.4 Å². The van der Waals surface area contributed by atoms with E-state index in [1.165, 1.54) is 0 Å². The summed E-state index contributed by atoms with van der Waals surface area (Å²) in [4.78, 5) is 82.5. The van der Waals surface area contributed by atoms with Crippen molar-refractivity contribution in [2.75, 3.05) is 6.54 Å². The molecule has 3 aliphatic rings. The lowest BCUT2D eigenvalue weighted by Crippen LogP contribution is -2.61. The number of rotatable bonds is 13. The minimum Gasteiger partial charge on any atom is -0.458 e. The number of Topliss-reactive ketones (excluding diaryl/α,β-unsaturated/α-hetero) is 1. The topological polar surface area (TPSA) is 177 Å². The molecule has 12 heteroatoms. The molecule has 1 aromatic rings. The Balaban J connectivity index is 1.63. The Labute approximate surface area is 302 Å². The van der Waals surface area contributed by atoms with Crippen LogP contribution in [0.1, 0.15) is 105 Å². The molecule has 5 amide bonds. The number of carbonyl (C=O) groups excluding carboxylic acids is 6. The molecule has 1 aromatic carbocycles. The first-order valence-corrected chi connectivity index (χ1v) is 18.6. The van der Waals surface area contributed by atoms with Crippen molar-refractivity contribution in [2.45, 2.75) is 137 Å². The Bertz CT molecular complexity index is 1450. The van der Waals surface area contributed by atoms with Crippen molar-refractivity contribution in [3.63, 3.8) is 0 Å². The van der Waals surface area contributed by atoms with Crippen molar-refractivity contribution in [1.29, 1.82) is 0 Å². The summed E-state index contributed by atoms with van der Waals surface area (Å²) < 4.78 is 5.63. The first-order valence-electron chi connectivity index (χ1n) is 18.6. The molecule has 1 saturated heterocycles. The fourth-order valence-corrected chi connectivity index (χ4v) is 7.73. The van der Waals surface area contributed by atoms with Crippen LogP contribution in [-0.2, 0) is 41.6 Å². The fourth-order valence-electron chi connectivity index (χ4n) is 7.73. The van der Waals surface area contributed by atoms with E-state index in [1.54, 1.807) is 25.7 Å². The third kappa shape index (κ3) is 10.3. The summed E-state index contributed by atoms with van der Waals surface area (Å²) in [6.07, 6.45) is 5.47. The zero-order valence-electron chi connectivity index (χ0n) is 31.7. The molecular formula is C39H59N5O7. The highest BCUT2D eigenvalue weighted by atomic mass is 16.6.